The van der Waals surface area contributed by atoms with E-state index in [9.17, 15) is 5.11 Å². The third kappa shape index (κ3) is 3.39. The molecule has 5 N–H and O–H groups in total. The molecule has 0 saturated heterocycles. The van der Waals surface area contributed by atoms with Crippen molar-refractivity contribution in [1.82, 2.24) is 24.5 Å². The number of nitrogens with one attached hydrogen (secondary N) is 2. The highest BCUT2D eigenvalue weighted by Gasteiger charge is 2.18. The maximum Gasteiger partial charge on any atom is 0.243 e. The van der Waals surface area contributed by atoms with Crippen molar-refractivity contribution in [2.24, 2.45) is 5.84 Å². The first kappa shape index (κ1) is 14.2. The van der Waals surface area contributed by atoms with E-state index in [0.29, 0.717) is 24.9 Å². The molecule has 2 heterocycles. The molecule has 0 aliphatic rings. The van der Waals surface area contributed by atoms with E-state index >= 15 is 0 Å². The van der Waals surface area contributed by atoms with Crippen molar-refractivity contribution in [3.8, 4) is 5.95 Å². The van der Waals surface area contributed by atoms with E-state index in [1.165, 1.54) is 0 Å². The van der Waals surface area contributed by atoms with Crippen molar-refractivity contribution < 1.29 is 5.11 Å². The molecule has 2 aromatic rings. The molecule has 0 spiro atoms. The number of rotatable bonds is 6. The van der Waals surface area contributed by atoms with Crippen LogP contribution in [-0.2, 0) is 0 Å². The molecule has 0 radical (unpaired) electrons. The normalized spacial score (nSPS) is 13.8. The minimum atomic E-state index is -0.835. The zero-order valence-corrected chi connectivity index (χ0v) is 11.4. The van der Waals surface area contributed by atoms with Gasteiger partial charge >= 0.3 is 0 Å². The highest BCUT2D eigenvalue weighted by Crippen LogP contribution is 2.12. The van der Waals surface area contributed by atoms with Crippen LogP contribution < -0.4 is 16.6 Å². The summed E-state index contributed by atoms with van der Waals surface area (Å²) in [5.41, 5.74) is 1.55. The summed E-state index contributed by atoms with van der Waals surface area (Å²) in [6.45, 7) is 3.96. The van der Waals surface area contributed by atoms with Gasteiger partial charge in [-0.05, 0) is 13.3 Å². The Morgan fingerprint density at radius 1 is 1.35 bits per heavy atom. The maximum atomic E-state index is 9.98. The molecule has 2 aromatic heterocycles. The molecule has 2 rings (SSSR count). The van der Waals surface area contributed by atoms with Gasteiger partial charge in [-0.3, -0.25) is 9.99 Å². The van der Waals surface area contributed by atoms with Crippen molar-refractivity contribution in [2.75, 3.05) is 17.3 Å². The Morgan fingerprint density at radius 2 is 2.10 bits per heavy atom. The smallest absolute Gasteiger partial charge is 0.243 e. The van der Waals surface area contributed by atoms with Gasteiger partial charge in [0.25, 0.3) is 0 Å². The van der Waals surface area contributed by atoms with Crippen molar-refractivity contribution in [1.29, 1.82) is 0 Å². The van der Waals surface area contributed by atoms with E-state index in [4.69, 9.17) is 5.84 Å². The van der Waals surface area contributed by atoms with Gasteiger partial charge in [-0.25, -0.2) is 10.8 Å². The summed E-state index contributed by atoms with van der Waals surface area (Å²) in [4.78, 5) is 16.4. The molecular formula is C11H18N8O. The average molecular weight is 278 g/mol. The van der Waals surface area contributed by atoms with E-state index in [1.54, 1.807) is 30.2 Å². The Morgan fingerprint density at radius 3 is 2.70 bits per heavy atom. The lowest BCUT2D eigenvalue weighted by Crippen LogP contribution is -2.33. The Hall–Kier alpha value is -2.26. The van der Waals surface area contributed by atoms with Gasteiger partial charge < -0.3 is 10.4 Å². The predicted molar refractivity (Wildman–Crippen MR) is 74.2 cm³/mol. The first-order valence-electron chi connectivity index (χ1n) is 6.21. The summed E-state index contributed by atoms with van der Waals surface area (Å²) in [6, 6.07) is 0. The van der Waals surface area contributed by atoms with Gasteiger partial charge in [0.15, 0.2) is 0 Å². The molecule has 0 amide bonds. The van der Waals surface area contributed by atoms with Crippen LogP contribution in [0.3, 0.4) is 0 Å². The average Bonchev–Trinajstić information content (AvgIpc) is 2.99. The van der Waals surface area contributed by atoms with Gasteiger partial charge in [0, 0.05) is 18.9 Å². The van der Waals surface area contributed by atoms with E-state index in [-0.39, 0.29) is 5.95 Å². The van der Waals surface area contributed by atoms with Crippen molar-refractivity contribution in [3.63, 3.8) is 0 Å². The summed E-state index contributed by atoms with van der Waals surface area (Å²) in [6.07, 6.45) is 5.51. The van der Waals surface area contributed by atoms with Crippen LogP contribution in [0.5, 0.6) is 0 Å². The number of imidazole rings is 1. The number of anilines is 2. The molecule has 20 heavy (non-hydrogen) atoms. The molecule has 0 aromatic carbocycles. The summed E-state index contributed by atoms with van der Waals surface area (Å²) >= 11 is 0. The Balaban J connectivity index is 2.23. The number of nitrogen functional groups attached to an aromatic ring is 1. The lowest BCUT2D eigenvalue weighted by molar-refractivity contribution is 0.0695. The number of hydrogen-bond donors (Lipinski definition) is 4. The fourth-order valence-corrected chi connectivity index (χ4v) is 1.40. The van der Waals surface area contributed by atoms with E-state index in [2.05, 4.69) is 30.7 Å². The molecule has 0 bridgehead atoms. The van der Waals surface area contributed by atoms with Crippen LogP contribution in [0, 0.1) is 0 Å². The largest absolute Gasteiger partial charge is 0.388 e. The zero-order chi connectivity index (χ0) is 14.6. The van der Waals surface area contributed by atoms with E-state index < -0.39 is 5.60 Å². The second-order valence-corrected chi connectivity index (χ2v) is 4.60. The maximum absolute atomic E-state index is 9.98. The minimum absolute atomic E-state index is 0.224. The predicted octanol–water partition coefficient (Wildman–Crippen LogP) is -0.0842. The topological polar surface area (TPSA) is 127 Å². The molecule has 1 unspecified atom stereocenters. The molecule has 0 aliphatic carbocycles. The second-order valence-electron chi connectivity index (χ2n) is 4.60. The SMILES string of the molecule is CCC(C)(O)CNc1nc(NN)nc(-n2ccnc2)n1. The molecule has 9 heteroatoms. The van der Waals surface area contributed by atoms with Crippen molar-refractivity contribution in [3.05, 3.63) is 18.7 Å². The van der Waals surface area contributed by atoms with Gasteiger partial charge in [0.05, 0.1) is 5.60 Å². The van der Waals surface area contributed by atoms with Crippen LogP contribution in [0.4, 0.5) is 11.9 Å². The summed E-state index contributed by atoms with van der Waals surface area (Å²) < 4.78 is 1.63. The lowest BCUT2D eigenvalue weighted by Gasteiger charge is -2.21. The highest BCUT2D eigenvalue weighted by atomic mass is 16.3. The van der Waals surface area contributed by atoms with Gasteiger partial charge in [-0.1, -0.05) is 6.92 Å². The van der Waals surface area contributed by atoms with Crippen molar-refractivity contribution in [2.45, 2.75) is 25.9 Å². The first-order valence-corrected chi connectivity index (χ1v) is 6.21. The molecule has 1 atom stereocenters. The van der Waals surface area contributed by atoms with Crippen LogP contribution >= 0.6 is 0 Å². The minimum Gasteiger partial charge on any atom is -0.388 e. The number of hydrogen-bond acceptors (Lipinski definition) is 8. The second kappa shape index (κ2) is 5.80. The van der Waals surface area contributed by atoms with Crippen LogP contribution in [-0.4, -0.2) is 41.8 Å². The standard InChI is InChI=1S/C11H18N8O/c1-3-11(2,20)6-14-8-15-9(18-12)17-10(16-8)19-5-4-13-7-19/h4-5,7,20H,3,6,12H2,1-2H3,(H2,14,15,16,17,18). The molecular weight excluding hydrogens is 260 g/mol. The summed E-state index contributed by atoms with van der Waals surface area (Å²) in [5.74, 6) is 6.27. The van der Waals surface area contributed by atoms with Crippen LogP contribution in [0.15, 0.2) is 18.7 Å². The van der Waals surface area contributed by atoms with E-state index in [1.807, 2.05) is 6.92 Å². The fraction of sp³-hybridized carbons (Fsp3) is 0.455. The molecule has 9 nitrogen and oxygen atoms in total. The lowest BCUT2D eigenvalue weighted by atomic mass is 10.0. The number of aliphatic hydroxyl groups is 1. The Kier molecular flexibility index (Phi) is 4.11. The molecule has 108 valence electrons. The van der Waals surface area contributed by atoms with Gasteiger partial charge in [0.1, 0.15) is 6.33 Å². The molecule has 0 saturated carbocycles. The summed E-state index contributed by atoms with van der Waals surface area (Å²) in [7, 11) is 0. The van der Waals surface area contributed by atoms with Gasteiger partial charge in [0.2, 0.25) is 17.8 Å². The number of aromatic nitrogens is 5. The number of nitrogens with two attached hydrogens (primary N) is 1. The van der Waals surface area contributed by atoms with Crippen LogP contribution in [0.1, 0.15) is 20.3 Å². The van der Waals surface area contributed by atoms with E-state index in [0.717, 1.165) is 0 Å². The molecule has 0 aliphatic heterocycles. The Labute approximate surface area is 116 Å². The van der Waals surface area contributed by atoms with Gasteiger partial charge in [-0.15, -0.1) is 0 Å². The van der Waals surface area contributed by atoms with Crippen molar-refractivity contribution >= 4 is 11.9 Å². The summed E-state index contributed by atoms with van der Waals surface area (Å²) in [5, 5.41) is 12.9. The number of nitrogens with zero attached hydrogens (tertiary/aromatic N) is 5. The molecule has 0 fully saturated rings. The highest BCUT2D eigenvalue weighted by molar-refractivity contribution is 5.37. The zero-order valence-electron chi connectivity index (χ0n) is 11.4. The fourth-order valence-electron chi connectivity index (χ4n) is 1.40. The third-order valence-corrected chi connectivity index (χ3v) is 2.88. The monoisotopic (exact) mass is 278 g/mol. The number of hydrazine groups is 1. The van der Waals surface area contributed by atoms with Crippen LogP contribution in [0.2, 0.25) is 0 Å². The third-order valence-electron chi connectivity index (χ3n) is 2.88. The Bertz CT molecular complexity index is 554. The quantitative estimate of drug-likeness (QED) is 0.426. The first-order chi connectivity index (χ1) is 9.54. The van der Waals surface area contributed by atoms with Gasteiger partial charge in [-0.2, -0.15) is 15.0 Å². The van der Waals surface area contributed by atoms with Crippen LogP contribution in [0.25, 0.3) is 5.95 Å².